The van der Waals surface area contributed by atoms with Crippen LogP contribution in [0, 0.1) is 23.6 Å². The van der Waals surface area contributed by atoms with Crippen LogP contribution in [-0.2, 0) is 28.4 Å². The van der Waals surface area contributed by atoms with Crippen LogP contribution >= 0.6 is 11.6 Å². The fourth-order valence-electron chi connectivity index (χ4n) is 9.01. The number of halogens is 2. The minimum atomic E-state index is -1.30. The minimum absolute atomic E-state index is 0.0148. The van der Waals surface area contributed by atoms with E-state index in [4.69, 9.17) is 30.8 Å². The summed E-state index contributed by atoms with van der Waals surface area (Å²) >= 11 is 6.01. The number of hydrazine groups is 1. The van der Waals surface area contributed by atoms with Crippen molar-refractivity contribution in [1.82, 2.24) is 25.3 Å². The lowest BCUT2D eigenvalue weighted by atomic mass is 9.71. The third-order valence-electron chi connectivity index (χ3n) is 12.1. The molecule has 7 atom stereocenters. The first kappa shape index (κ1) is 34.7. The van der Waals surface area contributed by atoms with Gasteiger partial charge < -0.3 is 24.1 Å². The van der Waals surface area contributed by atoms with Gasteiger partial charge in [0.25, 0.3) is 5.79 Å². The van der Waals surface area contributed by atoms with Gasteiger partial charge in [0.15, 0.2) is 11.5 Å². The van der Waals surface area contributed by atoms with Gasteiger partial charge in [-0.25, -0.2) is 9.37 Å². The van der Waals surface area contributed by atoms with Crippen LogP contribution in [0.1, 0.15) is 63.4 Å². The molecule has 10 nitrogen and oxygen atoms in total. The van der Waals surface area contributed by atoms with Crippen molar-refractivity contribution < 1.29 is 23.4 Å². The second kappa shape index (κ2) is 13.7. The Labute approximate surface area is 314 Å². The standard InChI is InChI=1S/C41H46ClFN6O4/c1-23-17-26(18-31-24(2)46-47-38(23)31)40(50)44-28-8-10-35-34(20-28)45-37(49(35)21-29-13-16-51-29)22-48-14-11-25(12-15-48)30-5-4-6-36-39(30)53-41(3,52-36)32-9-7-27(42)19-33(32)43/h4-11,19-20,23-24,26,29,31,38,46-47H,12-18,21-22H2,1-3H3,(H,44,50)/t23?,24?,26?,29?,31?,38?,41-/m0/s1. The van der Waals surface area contributed by atoms with E-state index in [1.54, 1.807) is 19.1 Å². The Bertz CT molecular complexity index is 2100. The number of benzene rings is 3. The lowest BCUT2D eigenvalue weighted by molar-refractivity contribution is -0.122. The fraction of sp³-hybridized carbons (Fsp3) is 0.463. The monoisotopic (exact) mass is 740 g/mol. The number of anilines is 1. The Morgan fingerprint density at radius 3 is 2.75 bits per heavy atom. The summed E-state index contributed by atoms with van der Waals surface area (Å²) in [6.45, 7) is 9.95. The third kappa shape index (κ3) is 6.50. The fourth-order valence-corrected chi connectivity index (χ4v) is 9.17. The van der Waals surface area contributed by atoms with E-state index in [0.29, 0.717) is 52.5 Å². The molecule has 1 aliphatic carbocycles. The Morgan fingerprint density at radius 1 is 1.11 bits per heavy atom. The van der Waals surface area contributed by atoms with Crippen molar-refractivity contribution in [2.45, 2.75) is 83.5 Å². The maximum atomic E-state index is 14.9. The molecule has 278 valence electrons. The lowest BCUT2D eigenvalue weighted by Crippen LogP contribution is -2.44. The van der Waals surface area contributed by atoms with Crippen molar-refractivity contribution in [1.29, 1.82) is 0 Å². The van der Waals surface area contributed by atoms with Crippen molar-refractivity contribution in [3.63, 3.8) is 0 Å². The molecule has 9 rings (SSSR count). The van der Waals surface area contributed by atoms with Gasteiger partial charge in [0, 0.05) is 60.9 Å². The number of para-hydroxylation sites is 1. The van der Waals surface area contributed by atoms with Crippen LogP contribution in [0.3, 0.4) is 0 Å². The molecule has 5 heterocycles. The third-order valence-corrected chi connectivity index (χ3v) is 12.3. The molecule has 4 aliphatic heterocycles. The smallest absolute Gasteiger partial charge is 0.278 e. The number of amides is 1. The average Bonchev–Trinajstić information content (AvgIpc) is 3.78. The molecule has 2 saturated heterocycles. The number of imidazole rings is 1. The van der Waals surface area contributed by atoms with Gasteiger partial charge >= 0.3 is 0 Å². The number of carbonyl (C=O) groups excluding carboxylic acids is 1. The highest BCUT2D eigenvalue weighted by atomic mass is 35.5. The summed E-state index contributed by atoms with van der Waals surface area (Å²) < 4.78 is 35.7. The molecular weight excluding hydrogens is 695 g/mol. The van der Waals surface area contributed by atoms with Crippen LogP contribution in [0.5, 0.6) is 11.5 Å². The van der Waals surface area contributed by atoms with Crippen LogP contribution in [0.15, 0.2) is 60.7 Å². The van der Waals surface area contributed by atoms with E-state index in [9.17, 15) is 9.18 Å². The number of nitrogens with one attached hydrogen (secondary N) is 3. The van der Waals surface area contributed by atoms with E-state index >= 15 is 0 Å². The van der Waals surface area contributed by atoms with Crippen LogP contribution in [0.25, 0.3) is 16.6 Å². The summed E-state index contributed by atoms with van der Waals surface area (Å²) in [7, 11) is 0. The number of fused-ring (bicyclic) bond motifs is 3. The first-order chi connectivity index (χ1) is 25.6. The van der Waals surface area contributed by atoms with Gasteiger partial charge in [0.2, 0.25) is 5.91 Å². The Morgan fingerprint density at radius 2 is 1.98 bits per heavy atom. The molecule has 1 amide bonds. The van der Waals surface area contributed by atoms with Crippen molar-refractivity contribution in [2.75, 3.05) is 25.0 Å². The molecule has 6 unspecified atom stereocenters. The molecule has 3 N–H and O–H groups in total. The molecule has 12 heteroatoms. The summed E-state index contributed by atoms with van der Waals surface area (Å²) in [6, 6.07) is 17.3. The summed E-state index contributed by atoms with van der Waals surface area (Å²) in [4.78, 5) is 21.1. The van der Waals surface area contributed by atoms with Crippen molar-refractivity contribution in [3.8, 4) is 11.5 Å². The van der Waals surface area contributed by atoms with Crippen LogP contribution in [0.4, 0.5) is 10.1 Å². The van der Waals surface area contributed by atoms with Gasteiger partial charge in [-0.2, -0.15) is 0 Å². The number of ether oxygens (including phenoxy) is 3. The van der Waals surface area contributed by atoms with Crippen LogP contribution in [-0.4, -0.2) is 58.2 Å². The van der Waals surface area contributed by atoms with E-state index in [1.165, 1.54) is 6.07 Å². The second-order valence-corrected chi connectivity index (χ2v) is 16.1. The molecule has 53 heavy (non-hydrogen) atoms. The van der Waals surface area contributed by atoms with Crippen molar-refractivity contribution in [2.24, 2.45) is 17.8 Å². The van der Waals surface area contributed by atoms with Crippen LogP contribution in [0.2, 0.25) is 5.02 Å². The summed E-state index contributed by atoms with van der Waals surface area (Å²) in [5, 5.41) is 3.55. The molecule has 3 fully saturated rings. The van der Waals surface area contributed by atoms with E-state index in [-0.39, 0.29) is 17.9 Å². The lowest BCUT2D eigenvalue weighted by Gasteiger charge is -2.36. The van der Waals surface area contributed by atoms with Gasteiger partial charge in [-0.3, -0.25) is 20.5 Å². The normalized spacial score (nSPS) is 29.5. The molecule has 0 bridgehead atoms. The number of carbonyl (C=O) groups is 1. The Balaban J connectivity index is 0.911. The minimum Gasteiger partial charge on any atom is -0.444 e. The predicted molar refractivity (Wildman–Crippen MR) is 202 cm³/mol. The van der Waals surface area contributed by atoms with E-state index in [0.717, 1.165) is 85.6 Å². The van der Waals surface area contributed by atoms with Gasteiger partial charge in [-0.15, -0.1) is 0 Å². The predicted octanol–water partition coefficient (Wildman–Crippen LogP) is 7.02. The van der Waals surface area contributed by atoms with Gasteiger partial charge in [-0.1, -0.05) is 36.7 Å². The zero-order valence-electron chi connectivity index (χ0n) is 30.3. The zero-order chi connectivity index (χ0) is 36.4. The van der Waals surface area contributed by atoms with Gasteiger partial charge in [0.05, 0.1) is 35.8 Å². The van der Waals surface area contributed by atoms with E-state index in [2.05, 4.69) is 51.6 Å². The molecule has 1 saturated carbocycles. The molecule has 1 aromatic heterocycles. The maximum absolute atomic E-state index is 14.9. The Kier molecular flexibility index (Phi) is 8.98. The number of hydrogen-bond acceptors (Lipinski definition) is 8. The van der Waals surface area contributed by atoms with E-state index < -0.39 is 11.6 Å². The highest BCUT2D eigenvalue weighted by Crippen LogP contribution is 2.49. The first-order valence-electron chi connectivity index (χ1n) is 18.9. The largest absolute Gasteiger partial charge is 0.444 e. The topological polar surface area (TPSA) is 102 Å². The molecular formula is C41H46ClFN6O4. The van der Waals surface area contributed by atoms with Crippen molar-refractivity contribution in [3.05, 3.63) is 88.5 Å². The van der Waals surface area contributed by atoms with Crippen LogP contribution < -0.4 is 25.6 Å². The quantitative estimate of drug-likeness (QED) is 0.177. The molecule has 3 aromatic carbocycles. The highest BCUT2D eigenvalue weighted by molar-refractivity contribution is 6.30. The SMILES string of the molecule is CC1CC(C(=O)Nc2ccc3c(c2)nc(CN2CC=C(c4cccc5c4O[C@@](C)(c4ccc(Cl)cc4F)O5)CC2)n3CC2CCO2)CC2C(C)NNC12. The first-order valence-corrected chi connectivity index (χ1v) is 19.3. The second-order valence-electron chi connectivity index (χ2n) is 15.6. The molecule has 5 aliphatic rings. The maximum Gasteiger partial charge on any atom is 0.278 e. The van der Waals surface area contributed by atoms with E-state index in [1.807, 2.05) is 30.3 Å². The Hall–Kier alpha value is -4.00. The molecule has 0 radical (unpaired) electrons. The zero-order valence-corrected chi connectivity index (χ0v) is 31.1. The number of hydrogen-bond donors (Lipinski definition) is 3. The van der Waals surface area contributed by atoms with Gasteiger partial charge in [0.1, 0.15) is 11.6 Å². The highest BCUT2D eigenvalue weighted by Gasteiger charge is 2.44. The molecule has 0 spiro atoms. The molecule has 4 aromatic rings. The summed E-state index contributed by atoms with van der Waals surface area (Å²) in [5.41, 5.74) is 11.9. The number of rotatable bonds is 8. The van der Waals surface area contributed by atoms with Crippen molar-refractivity contribution >= 4 is 39.8 Å². The summed E-state index contributed by atoms with van der Waals surface area (Å²) in [6.07, 6.45) is 6.01. The summed E-state index contributed by atoms with van der Waals surface area (Å²) in [5.74, 6) is 1.37. The number of nitrogens with zero attached hydrogens (tertiary/aromatic N) is 3. The number of aromatic nitrogens is 2. The average molecular weight is 741 g/mol. The van der Waals surface area contributed by atoms with Gasteiger partial charge in [-0.05, 0) is 92.5 Å².